The van der Waals surface area contributed by atoms with Crippen LogP contribution in [0.4, 0.5) is 0 Å². The zero-order valence-electron chi connectivity index (χ0n) is 11.0. The molecule has 0 spiro atoms. The molecule has 0 amide bonds. The number of nitrogens with two attached hydrogens (primary N) is 1. The van der Waals surface area contributed by atoms with Gasteiger partial charge in [-0.3, -0.25) is 0 Å². The summed E-state index contributed by atoms with van der Waals surface area (Å²) in [6.45, 7) is 0.194. The van der Waals surface area contributed by atoms with Crippen LogP contribution in [0.25, 0.3) is 0 Å². The van der Waals surface area contributed by atoms with E-state index in [1.807, 2.05) is 6.07 Å². The first-order valence-electron chi connectivity index (χ1n) is 6.61. The van der Waals surface area contributed by atoms with Crippen LogP contribution in [-0.4, -0.2) is 13.9 Å². The molecule has 0 aromatic heterocycles. The molecule has 0 bridgehead atoms. The van der Waals surface area contributed by atoms with Crippen molar-refractivity contribution in [1.82, 2.24) is 0 Å². The standard InChI is InChI=1S/C14H18ClNO3/c1-17-12-9(14(16)5-3-2-4-6-14)7-10-13(11(12)15)19-8-18-10/h7H,2-6,8,16H2,1H3. The van der Waals surface area contributed by atoms with Gasteiger partial charge in [0.2, 0.25) is 6.79 Å². The highest BCUT2D eigenvalue weighted by Gasteiger charge is 2.36. The minimum Gasteiger partial charge on any atom is -0.495 e. The summed E-state index contributed by atoms with van der Waals surface area (Å²) in [5.41, 5.74) is 7.14. The number of rotatable bonds is 2. The van der Waals surface area contributed by atoms with E-state index < -0.39 is 0 Å². The Morgan fingerprint density at radius 1 is 1.26 bits per heavy atom. The molecule has 4 nitrogen and oxygen atoms in total. The fraction of sp³-hybridized carbons (Fsp3) is 0.571. The molecule has 0 unspecified atom stereocenters. The lowest BCUT2D eigenvalue weighted by atomic mass is 9.77. The quantitative estimate of drug-likeness (QED) is 0.906. The zero-order chi connectivity index (χ0) is 13.5. The average molecular weight is 284 g/mol. The van der Waals surface area contributed by atoms with Crippen molar-refractivity contribution in [2.24, 2.45) is 5.73 Å². The number of ether oxygens (including phenoxy) is 3. The highest BCUT2D eigenvalue weighted by molar-refractivity contribution is 6.34. The third kappa shape index (κ3) is 2.03. The molecule has 3 rings (SSSR count). The third-order valence-electron chi connectivity index (χ3n) is 4.05. The highest BCUT2D eigenvalue weighted by Crippen LogP contribution is 2.51. The number of benzene rings is 1. The molecule has 104 valence electrons. The lowest BCUT2D eigenvalue weighted by Gasteiger charge is -2.35. The van der Waals surface area contributed by atoms with Crippen LogP contribution >= 0.6 is 11.6 Å². The van der Waals surface area contributed by atoms with E-state index in [0.29, 0.717) is 22.3 Å². The Morgan fingerprint density at radius 3 is 2.68 bits per heavy atom. The van der Waals surface area contributed by atoms with Gasteiger partial charge in [0.25, 0.3) is 0 Å². The van der Waals surface area contributed by atoms with Gasteiger partial charge in [-0.1, -0.05) is 30.9 Å². The van der Waals surface area contributed by atoms with Crippen molar-refractivity contribution in [1.29, 1.82) is 0 Å². The van der Waals surface area contributed by atoms with E-state index in [-0.39, 0.29) is 12.3 Å². The van der Waals surface area contributed by atoms with E-state index in [2.05, 4.69) is 0 Å². The van der Waals surface area contributed by atoms with E-state index in [4.69, 9.17) is 31.5 Å². The first kappa shape index (κ1) is 12.9. The van der Waals surface area contributed by atoms with Crippen molar-refractivity contribution >= 4 is 11.6 Å². The summed E-state index contributed by atoms with van der Waals surface area (Å²) in [5, 5.41) is 0.461. The van der Waals surface area contributed by atoms with Crippen LogP contribution in [0.3, 0.4) is 0 Å². The van der Waals surface area contributed by atoms with Crippen molar-refractivity contribution < 1.29 is 14.2 Å². The molecule has 0 atom stereocenters. The van der Waals surface area contributed by atoms with Crippen LogP contribution in [0.15, 0.2) is 6.07 Å². The predicted octanol–water partition coefficient (Wildman–Crippen LogP) is 3.20. The number of fused-ring (bicyclic) bond motifs is 1. The molecule has 0 radical (unpaired) electrons. The Morgan fingerprint density at radius 2 is 2.00 bits per heavy atom. The second kappa shape index (κ2) is 4.76. The predicted molar refractivity (Wildman–Crippen MR) is 73.1 cm³/mol. The molecule has 1 aliphatic carbocycles. The van der Waals surface area contributed by atoms with Crippen LogP contribution in [0, 0.1) is 0 Å². The van der Waals surface area contributed by atoms with Crippen LogP contribution < -0.4 is 19.9 Å². The van der Waals surface area contributed by atoms with Gasteiger partial charge < -0.3 is 19.9 Å². The maximum Gasteiger partial charge on any atom is 0.231 e. The van der Waals surface area contributed by atoms with Gasteiger partial charge >= 0.3 is 0 Å². The smallest absolute Gasteiger partial charge is 0.231 e. The number of hydrogen-bond acceptors (Lipinski definition) is 4. The van der Waals surface area contributed by atoms with Crippen molar-refractivity contribution in [2.45, 2.75) is 37.6 Å². The third-order valence-corrected chi connectivity index (χ3v) is 4.39. The average Bonchev–Trinajstić information content (AvgIpc) is 2.88. The number of methoxy groups -OCH3 is 1. The molecule has 1 saturated carbocycles. The fourth-order valence-electron chi connectivity index (χ4n) is 3.01. The van der Waals surface area contributed by atoms with Crippen LogP contribution in [0.5, 0.6) is 17.2 Å². The molecule has 1 aromatic carbocycles. The molecular weight excluding hydrogens is 266 g/mol. The van der Waals surface area contributed by atoms with Gasteiger partial charge in [0.15, 0.2) is 11.5 Å². The first-order chi connectivity index (χ1) is 9.15. The molecule has 2 N–H and O–H groups in total. The Bertz CT molecular complexity index is 498. The minimum absolute atomic E-state index is 0.194. The SMILES string of the molecule is COc1c(C2(N)CCCCC2)cc2c(c1Cl)OCO2. The largest absolute Gasteiger partial charge is 0.495 e. The van der Waals surface area contributed by atoms with E-state index in [0.717, 1.165) is 31.2 Å². The van der Waals surface area contributed by atoms with Gasteiger partial charge in [-0.05, 0) is 18.9 Å². The summed E-state index contributed by atoms with van der Waals surface area (Å²) in [7, 11) is 1.61. The highest BCUT2D eigenvalue weighted by atomic mass is 35.5. The summed E-state index contributed by atoms with van der Waals surface area (Å²) < 4.78 is 16.3. The van der Waals surface area contributed by atoms with Crippen molar-refractivity contribution in [3.8, 4) is 17.2 Å². The van der Waals surface area contributed by atoms with Crippen LogP contribution in [-0.2, 0) is 5.54 Å². The van der Waals surface area contributed by atoms with Gasteiger partial charge in [-0.15, -0.1) is 0 Å². The van der Waals surface area contributed by atoms with E-state index >= 15 is 0 Å². The lowest BCUT2D eigenvalue weighted by Crippen LogP contribution is -2.39. The zero-order valence-corrected chi connectivity index (χ0v) is 11.8. The Labute approximate surface area is 117 Å². The summed E-state index contributed by atoms with van der Waals surface area (Å²) in [6, 6.07) is 1.93. The maximum absolute atomic E-state index is 6.58. The van der Waals surface area contributed by atoms with E-state index in [9.17, 15) is 0 Å². The van der Waals surface area contributed by atoms with Gasteiger partial charge in [0, 0.05) is 11.1 Å². The van der Waals surface area contributed by atoms with Gasteiger partial charge in [-0.25, -0.2) is 0 Å². The molecule has 0 saturated heterocycles. The van der Waals surface area contributed by atoms with Crippen LogP contribution in [0.2, 0.25) is 5.02 Å². The molecule has 19 heavy (non-hydrogen) atoms. The fourth-order valence-corrected chi connectivity index (χ4v) is 3.33. The molecule has 1 aromatic rings. The lowest BCUT2D eigenvalue weighted by molar-refractivity contribution is 0.173. The molecule has 5 heteroatoms. The van der Waals surface area contributed by atoms with Gasteiger partial charge in [-0.2, -0.15) is 0 Å². The first-order valence-corrected chi connectivity index (χ1v) is 6.99. The minimum atomic E-state index is -0.381. The molecule has 2 aliphatic rings. The molecule has 1 heterocycles. The van der Waals surface area contributed by atoms with Gasteiger partial charge in [0.1, 0.15) is 10.8 Å². The van der Waals surface area contributed by atoms with Gasteiger partial charge in [0.05, 0.1) is 7.11 Å². The molecule has 1 fully saturated rings. The number of hydrogen-bond donors (Lipinski definition) is 1. The van der Waals surface area contributed by atoms with Crippen molar-refractivity contribution in [3.63, 3.8) is 0 Å². The Balaban J connectivity index is 2.12. The number of halogens is 1. The summed E-state index contributed by atoms with van der Waals surface area (Å²) >= 11 is 6.36. The topological polar surface area (TPSA) is 53.7 Å². The summed E-state index contributed by atoms with van der Waals surface area (Å²) in [5.74, 6) is 1.84. The Hall–Kier alpha value is -1.13. The molecular formula is C14H18ClNO3. The van der Waals surface area contributed by atoms with Crippen molar-refractivity contribution in [3.05, 3.63) is 16.7 Å². The second-order valence-corrected chi connectivity index (χ2v) is 5.60. The second-order valence-electron chi connectivity index (χ2n) is 5.22. The Kier molecular flexibility index (Phi) is 3.23. The molecule has 1 aliphatic heterocycles. The van der Waals surface area contributed by atoms with Crippen molar-refractivity contribution in [2.75, 3.05) is 13.9 Å². The maximum atomic E-state index is 6.58. The van der Waals surface area contributed by atoms with Crippen LogP contribution in [0.1, 0.15) is 37.7 Å². The summed E-state index contributed by atoms with van der Waals surface area (Å²) in [6.07, 6.45) is 5.38. The normalized spacial score (nSPS) is 20.4. The van der Waals surface area contributed by atoms with E-state index in [1.54, 1.807) is 7.11 Å². The summed E-state index contributed by atoms with van der Waals surface area (Å²) in [4.78, 5) is 0. The monoisotopic (exact) mass is 283 g/mol. The van der Waals surface area contributed by atoms with E-state index in [1.165, 1.54) is 6.42 Å².